The van der Waals surface area contributed by atoms with Crippen molar-refractivity contribution in [3.63, 3.8) is 0 Å². The van der Waals surface area contributed by atoms with Crippen LogP contribution in [0.1, 0.15) is 52.7 Å². The predicted molar refractivity (Wildman–Crippen MR) is 160 cm³/mol. The summed E-state index contributed by atoms with van der Waals surface area (Å²) in [6, 6.07) is 24.4. The highest BCUT2D eigenvalue weighted by Gasteiger charge is 2.85. The molecule has 44 heavy (non-hydrogen) atoms. The summed E-state index contributed by atoms with van der Waals surface area (Å²) in [6.07, 6.45) is -7.13. The van der Waals surface area contributed by atoms with Gasteiger partial charge in [0.1, 0.15) is 0 Å². The van der Waals surface area contributed by atoms with Crippen molar-refractivity contribution >= 4 is 32.7 Å². The van der Waals surface area contributed by atoms with Crippen molar-refractivity contribution in [2.45, 2.75) is 75.6 Å². The van der Waals surface area contributed by atoms with Crippen molar-refractivity contribution in [2.24, 2.45) is 0 Å². The normalized spacial score (nSPS) is 13.8. The molecule has 0 aromatic heterocycles. The summed E-state index contributed by atoms with van der Waals surface area (Å²) < 4.78 is 135. The van der Waals surface area contributed by atoms with Crippen LogP contribution in [0.25, 0.3) is 22.3 Å². The monoisotopic (exact) mass is 768 g/mol. The van der Waals surface area contributed by atoms with Crippen molar-refractivity contribution < 1.29 is 52.5 Å². The summed E-state index contributed by atoms with van der Waals surface area (Å²) >= 11 is 2.49. The largest absolute Gasteiger partial charge is 0.460 e. The molecule has 1 N–H and O–H groups in total. The summed E-state index contributed by atoms with van der Waals surface area (Å²) in [4.78, 5) is 0. The Morgan fingerprint density at radius 2 is 0.955 bits per heavy atom. The van der Waals surface area contributed by atoms with Crippen LogP contribution in [0, 0.1) is 3.57 Å². The fraction of sp³-hybridized carbons (Fsp3) is 0.400. The quantitative estimate of drug-likeness (QED) is 0.160. The number of alkyl halides is 9. The van der Waals surface area contributed by atoms with Crippen molar-refractivity contribution in [1.82, 2.24) is 0 Å². The number of hydrogen-bond acceptors (Lipinski definition) is 2. The van der Waals surface area contributed by atoms with Gasteiger partial charge in [-0.3, -0.25) is 4.55 Å². The highest BCUT2D eigenvalue weighted by molar-refractivity contribution is 14.1. The molecule has 0 bridgehead atoms. The van der Waals surface area contributed by atoms with Gasteiger partial charge in [-0.25, -0.2) is 0 Å². The van der Waals surface area contributed by atoms with E-state index in [-0.39, 0.29) is 10.8 Å². The van der Waals surface area contributed by atoms with Gasteiger partial charge in [-0.05, 0) is 67.3 Å². The van der Waals surface area contributed by atoms with Gasteiger partial charge in [0.2, 0.25) is 0 Å². The lowest BCUT2D eigenvalue weighted by Crippen LogP contribution is -2.63. The molecule has 0 radical (unpaired) electrons. The Morgan fingerprint density at radius 3 is 1.36 bits per heavy atom. The fourth-order valence-corrected chi connectivity index (χ4v) is 5.51. The highest BCUT2D eigenvalue weighted by Crippen LogP contribution is 2.54. The Bertz CT molecular complexity index is 1590. The van der Waals surface area contributed by atoms with E-state index in [4.69, 9.17) is 4.55 Å². The first-order chi connectivity index (χ1) is 19.6. The average Bonchev–Trinajstić information content (AvgIpc) is 2.86. The molecule has 0 spiro atoms. The Balaban J connectivity index is 0.000000345. The standard InChI is InChI=1S/C26H29I.C4HF9O3S/c1-25(2,3)21-15-9-7-12-18(21)19-14-11-17-23(27)24(19)20-13-8-10-16-22(20)26(4,5)6;5-1(6,3(9,10)11)2(7,8)4(12,13)17(14,15)16/h7-17H,1-6H3;(H,14,15,16). The molecule has 0 aliphatic heterocycles. The molecular formula is C30H30F9IO3S. The molecule has 0 saturated heterocycles. The third-order valence-corrected chi connectivity index (χ3v) is 8.29. The van der Waals surface area contributed by atoms with Crippen LogP contribution in [-0.4, -0.2) is 36.2 Å². The van der Waals surface area contributed by atoms with E-state index in [0.29, 0.717) is 0 Å². The summed E-state index contributed by atoms with van der Waals surface area (Å²) in [5.74, 6) is -14.7. The Labute approximate surface area is 263 Å². The first-order valence-electron chi connectivity index (χ1n) is 12.8. The smallest absolute Gasteiger partial charge is 0.281 e. The van der Waals surface area contributed by atoms with Crippen molar-refractivity contribution in [3.05, 3.63) is 81.4 Å². The van der Waals surface area contributed by atoms with Gasteiger partial charge in [0, 0.05) is 9.13 Å². The molecule has 0 unspecified atom stereocenters. The van der Waals surface area contributed by atoms with Gasteiger partial charge in [-0.15, -0.1) is 0 Å². The molecule has 0 heterocycles. The molecular weight excluding hydrogens is 738 g/mol. The van der Waals surface area contributed by atoms with Crippen molar-refractivity contribution in [3.8, 4) is 22.3 Å². The average molecular weight is 769 g/mol. The van der Waals surface area contributed by atoms with Crippen LogP contribution in [0.4, 0.5) is 39.5 Å². The zero-order valence-corrected chi connectivity index (χ0v) is 27.3. The van der Waals surface area contributed by atoms with Gasteiger partial charge >= 0.3 is 33.4 Å². The minimum Gasteiger partial charge on any atom is -0.281 e. The number of rotatable bonds is 5. The molecule has 14 heteroatoms. The zero-order valence-electron chi connectivity index (χ0n) is 24.3. The minimum absolute atomic E-state index is 0.0936. The van der Waals surface area contributed by atoms with Gasteiger partial charge in [-0.2, -0.15) is 47.9 Å². The van der Waals surface area contributed by atoms with Gasteiger partial charge in [0.15, 0.2) is 0 Å². The Morgan fingerprint density at radius 1 is 0.568 bits per heavy atom. The molecule has 3 rings (SSSR count). The van der Waals surface area contributed by atoms with Gasteiger partial charge < -0.3 is 0 Å². The third-order valence-electron chi connectivity index (χ3n) is 6.48. The van der Waals surface area contributed by atoms with Crippen LogP contribution >= 0.6 is 22.6 Å². The van der Waals surface area contributed by atoms with E-state index in [9.17, 15) is 47.9 Å². The molecule has 0 aliphatic rings. The third kappa shape index (κ3) is 7.38. The Kier molecular flexibility index (Phi) is 10.7. The van der Waals surface area contributed by atoms with Crippen LogP contribution < -0.4 is 0 Å². The van der Waals surface area contributed by atoms with Gasteiger partial charge in [0.05, 0.1) is 0 Å². The molecule has 0 atom stereocenters. The SMILES string of the molecule is CC(C)(C)c1ccccc1-c1cccc(I)c1-c1ccccc1C(C)(C)C.O=S(=O)(O)C(F)(F)C(F)(F)C(F)(F)C(F)(F)F. The molecule has 3 nitrogen and oxygen atoms in total. The fourth-order valence-electron chi connectivity index (χ4n) is 4.27. The van der Waals surface area contributed by atoms with Crippen LogP contribution in [0.2, 0.25) is 0 Å². The number of halogens is 10. The Hall–Kier alpha value is -2.33. The zero-order chi connectivity index (χ0) is 34.3. The topological polar surface area (TPSA) is 54.4 Å². The molecule has 244 valence electrons. The molecule has 0 saturated carbocycles. The van der Waals surface area contributed by atoms with Crippen molar-refractivity contribution in [1.29, 1.82) is 0 Å². The number of benzene rings is 3. The molecule has 0 fully saturated rings. The summed E-state index contributed by atoms with van der Waals surface area (Å²) in [6.45, 7) is 13.8. The lowest BCUT2D eigenvalue weighted by molar-refractivity contribution is -0.382. The van der Waals surface area contributed by atoms with E-state index in [1.807, 2.05) is 0 Å². The molecule has 0 amide bonds. The summed E-state index contributed by atoms with van der Waals surface area (Å²) in [7, 11) is -7.17. The van der Waals surface area contributed by atoms with E-state index >= 15 is 0 Å². The van der Waals surface area contributed by atoms with Gasteiger partial charge in [-0.1, -0.05) is 102 Å². The second-order valence-electron chi connectivity index (χ2n) is 11.9. The minimum atomic E-state index is -7.37. The molecule has 3 aromatic carbocycles. The second kappa shape index (κ2) is 12.5. The summed E-state index contributed by atoms with van der Waals surface area (Å²) in [5, 5.41) is -7.00. The maximum absolute atomic E-state index is 12.2. The lowest BCUT2D eigenvalue weighted by Gasteiger charge is -2.31. The van der Waals surface area contributed by atoms with Gasteiger partial charge in [0.25, 0.3) is 0 Å². The summed E-state index contributed by atoms with van der Waals surface area (Å²) in [5.41, 5.74) is 8.32. The van der Waals surface area contributed by atoms with Crippen LogP contribution in [-0.2, 0) is 20.9 Å². The first kappa shape index (κ1) is 37.9. The maximum Gasteiger partial charge on any atom is 0.460 e. The van der Waals surface area contributed by atoms with E-state index in [1.165, 1.54) is 37.0 Å². The van der Waals surface area contributed by atoms with Crippen molar-refractivity contribution in [2.75, 3.05) is 0 Å². The van der Waals surface area contributed by atoms with Crippen LogP contribution in [0.15, 0.2) is 66.7 Å². The van der Waals surface area contributed by atoms with E-state index < -0.39 is 33.4 Å². The lowest BCUT2D eigenvalue weighted by atomic mass is 9.78. The predicted octanol–water partition coefficient (Wildman–Crippen LogP) is 10.5. The molecule has 3 aromatic rings. The highest BCUT2D eigenvalue weighted by atomic mass is 127. The van der Waals surface area contributed by atoms with Crippen LogP contribution in [0.5, 0.6) is 0 Å². The second-order valence-corrected chi connectivity index (χ2v) is 14.5. The van der Waals surface area contributed by atoms with Crippen LogP contribution in [0.3, 0.4) is 0 Å². The molecule has 0 aliphatic carbocycles. The van der Waals surface area contributed by atoms with E-state index in [2.05, 4.69) is 131 Å². The van der Waals surface area contributed by atoms with E-state index in [1.54, 1.807) is 0 Å². The van der Waals surface area contributed by atoms with E-state index in [0.717, 1.165) is 0 Å². The first-order valence-corrected chi connectivity index (χ1v) is 15.3. The maximum atomic E-state index is 12.2. The number of hydrogen-bond donors (Lipinski definition) is 1.